The molecule has 0 saturated heterocycles. The average Bonchev–Trinajstić information content (AvgIpc) is 2.58. The fraction of sp³-hybridized carbons (Fsp3) is 0.222. The highest BCUT2D eigenvalue weighted by Crippen LogP contribution is 2.30. The average molecular weight is 358 g/mol. The zero-order valence-electron chi connectivity index (χ0n) is 13.9. The first kappa shape index (κ1) is 17.2. The van der Waals surface area contributed by atoms with E-state index in [2.05, 4.69) is 4.72 Å². The number of carbonyl (C=O) groups excluding carboxylic acids is 2. The highest BCUT2D eigenvalue weighted by atomic mass is 32.2. The molecule has 7 heteroatoms. The summed E-state index contributed by atoms with van der Waals surface area (Å²) in [7, 11) is -2.10. The van der Waals surface area contributed by atoms with Crippen LogP contribution in [0.4, 0.5) is 11.4 Å². The van der Waals surface area contributed by atoms with E-state index in [1.807, 2.05) is 0 Å². The molecular weight excluding hydrogens is 340 g/mol. The largest absolute Gasteiger partial charge is 0.315 e. The van der Waals surface area contributed by atoms with E-state index < -0.39 is 10.0 Å². The maximum atomic E-state index is 12.6. The van der Waals surface area contributed by atoms with Gasteiger partial charge in [0.05, 0.1) is 4.90 Å². The highest BCUT2D eigenvalue weighted by molar-refractivity contribution is 7.92. The standard InChI is InChI=1S/C18H18N2O4S/c1-12(21)13-4-3-5-16(11-13)25(23,24)19-15-7-8-17-14(10-15)6-9-18(22)20(17)2/h3-5,7-8,10-11,19H,6,9H2,1-2H3. The van der Waals surface area contributed by atoms with E-state index in [0.717, 1.165) is 11.3 Å². The van der Waals surface area contributed by atoms with Crippen molar-refractivity contribution in [1.82, 2.24) is 0 Å². The molecule has 6 nitrogen and oxygen atoms in total. The Bertz CT molecular complexity index is 967. The molecule has 2 aromatic rings. The van der Waals surface area contributed by atoms with Gasteiger partial charge in [-0.1, -0.05) is 12.1 Å². The number of nitrogens with one attached hydrogen (secondary N) is 1. The summed E-state index contributed by atoms with van der Waals surface area (Å²) in [5.74, 6) is -0.152. The van der Waals surface area contributed by atoms with Gasteiger partial charge in [0.1, 0.15) is 0 Å². The smallest absolute Gasteiger partial charge is 0.261 e. The number of anilines is 2. The normalized spacial score (nSPS) is 14.2. The lowest BCUT2D eigenvalue weighted by atomic mass is 10.0. The minimum Gasteiger partial charge on any atom is -0.315 e. The molecule has 1 N–H and O–H groups in total. The molecule has 1 aliphatic heterocycles. The van der Waals surface area contributed by atoms with Gasteiger partial charge in [-0.3, -0.25) is 14.3 Å². The Labute approximate surface area is 146 Å². The number of benzene rings is 2. The molecule has 0 aliphatic carbocycles. The van der Waals surface area contributed by atoms with Gasteiger partial charge in [0.15, 0.2) is 5.78 Å². The third kappa shape index (κ3) is 3.41. The number of hydrogen-bond acceptors (Lipinski definition) is 4. The maximum Gasteiger partial charge on any atom is 0.261 e. The molecule has 0 spiro atoms. The van der Waals surface area contributed by atoms with Crippen molar-refractivity contribution in [3.63, 3.8) is 0 Å². The zero-order valence-corrected chi connectivity index (χ0v) is 14.8. The first-order chi connectivity index (χ1) is 11.8. The van der Waals surface area contributed by atoms with Crippen LogP contribution in [0.15, 0.2) is 47.4 Å². The van der Waals surface area contributed by atoms with Gasteiger partial charge in [-0.15, -0.1) is 0 Å². The molecule has 0 bridgehead atoms. The van der Waals surface area contributed by atoms with Crippen LogP contribution in [0.2, 0.25) is 0 Å². The Morgan fingerprint density at radius 2 is 1.88 bits per heavy atom. The number of fused-ring (bicyclic) bond motifs is 1. The van der Waals surface area contributed by atoms with E-state index in [0.29, 0.717) is 24.1 Å². The van der Waals surface area contributed by atoms with E-state index >= 15 is 0 Å². The number of hydrogen-bond donors (Lipinski definition) is 1. The summed E-state index contributed by atoms with van der Waals surface area (Å²) in [6.45, 7) is 1.39. The maximum absolute atomic E-state index is 12.6. The molecule has 0 aromatic heterocycles. The van der Waals surface area contributed by atoms with Gasteiger partial charge < -0.3 is 4.90 Å². The molecular formula is C18H18N2O4S. The molecule has 0 saturated carbocycles. The van der Waals surface area contributed by atoms with Crippen LogP contribution in [0.25, 0.3) is 0 Å². The summed E-state index contributed by atoms with van der Waals surface area (Å²) in [6, 6.07) is 11.0. The Morgan fingerprint density at radius 3 is 2.60 bits per heavy atom. The lowest BCUT2D eigenvalue weighted by Crippen LogP contribution is -2.31. The van der Waals surface area contributed by atoms with Crippen LogP contribution in [0, 0.1) is 0 Å². The van der Waals surface area contributed by atoms with E-state index in [-0.39, 0.29) is 16.6 Å². The van der Waals surface area contributed by atoms with Gasteiger partial charge in [0.2, 0.25) is 5.91 Å². The van der Waals surface area contributed by atoms with Crippen molar-refractivity contribution < 1.29 is 18.0 Å². The minimum absolute atomic E-state index is 0.0326. The van der Waals surface area contributed by atoms with Crippen LogP contribution in [-0.2, 0) is 21.2 Å². The molecule has 0 radical (unpaired) electrons. The number of carbonyl (C=O) groups is 2. The molecule has 130 valence electrons. The zero-order chi connectivity index (χ0) is 18.2. The van der Waals surface area contributed by atoms with E-state index in [1.54, 1.807) is 42.3 Å². The van der Waals surface area contributed by atoms with Gasteiger partial charge in [-0.05, 0) is 49.2 Å². The van der Waals surface area contributed by atoms with Gasteiger partial charge in [0.25, 0.3) is 10.0 Å². The molecule has 0 unspecified atom stereocenters. The molecule has 1 heterocycles. The van der Waals surface area contributed by atoms with E-state index in [9.17, 15) is 18.0 Å². The lowest BCUT2D eigenvalue weighted by molar-refractivity contribution is -0.118. The Kier molecular flexibility index (Phi) is 4.34. The van der Waals surface area contributed by atoms with Crippen molar-refractivity contribution >= 4 is 33.1 Å². The Morgan fingerprint density at radius 1 is 1.12 bits per heavy atom. The Hall–Kier alpha value is -2.67. The highest BCUT2D eigenvalue weighted by Gasteiger charge is 2.22. The van der Waals surface area contributed by atoms with Crippen molar-refractivity contribution in [3.8, 4) is 0 Å². The third-order valence-electron chi connectivity index (χ3n) is 4.23. The quantitative estimate of drug-likeness (QED) is 0.852. The summed E-state index contributed by atoms with van der Waals surface area (Å²) >= 11 is 0. The first-order valence-corrected chi connectivity index (χ1v) is 9.29. The summed E-state index contributed by atoms with van der Waals surface area (Å²) in [5, 5.41) is 0. The van der Waals surface area contributed by atoms with Gasteiger partial charge in [-0.25, -0.2) is 8.42 Å². The third-order valence-corrected chi connectivity index (χ3v) is 5.61. The molecule has 3 rings (SSSR count). The number of nitrogens with zero attached hydrogens (tertiary/aromatic N) is 1. The minimum atomic E-state index is -3.80. The predicted octanol–water partition coefficient (Wildman–Crippen LogP) is 2.60. The summed E-state index contributed by atoms with van der Waals surface area (Å²) in [4.78, 5) is 24.8. The van der Waals surface area contributed by atoms with E-state index in [1.165, 1.54) is 19.1 Å². The van der Waals surface area contributed by atoms with Gasteiger partial charge >= 0.3 is 0 Å². The van der Waals surface area contributed by atoms with Crippen LogP contribution in [0.3, 0.4) is 0 Å². The van der Waals surface area contributed by atoms with Crippen LogP contribution >= 0.6 is 0 Å². The second kappa shape index (κ2) is 6.33. The number of ketones is 1. The summed E-state index contributed by atoms with van der Waals surface area (Å²) < 4.78 is 27.7. The van der Waals surface area contributed by atoms with Gasteiger partial charge in [0, 0.05) is 30.4 Å². The number of aryl methyl sites for hydroxylation is 1. The lowest BCUT2D eigenvalue weighted by Gasteiger charge is -2.26. The second-order valence-electron chi connectivity index (χ2n) is 5.99. The monoisotopic (exact) mass is 358 g/mol. The summed E-state index contributed by atoms with van der Waals surface area (Å²) in [5.41, 5.74) is 2.47. The topological polar surface area (TPSA) is 83.5 Å². The van der Waals surface area contributed by atoms with Crippen molar-refractivity contribution in [3.05, 3.63) is 53.6 Å². The summed E-state index contributed by atoms with van der Waals surface area (Å²) in [6.07, 6.45) is 0.980. The van der Waals surface area contributed by atoms with Crippen molar-refractivity contribution in [2.24, 2.45) is 0 Å². The molecule has 2 aromatic carbocycles. The van der Waals surface area contributed by atoms with Crippen LogP contribution in [-0.4, -0.2) is 27.2 Å². The fourth-order valence-corrected chi connectivity index (χ4v) is 3.91. The fourth-order valence-electron chi connectivity index (χ4n) is 2.82. The number of rotatable bonds is 4. The number of sulfonamides is 1. The second-order valence-corrected chi connectivity index (χ2v) is 7.67. The van der Waals surface area contributed by atoms with E-state index in [4.69, 9.17) is 0 Å². The van der Waals surface area contributed by atoms with Crippen LogP contribution < -0.4 is 9.62 Å². The van der Waals surface area contributed by atoms with Crippen molar-refractivity contribution in [1.29, 1.82) is 0 Å². The molecule has 0 fully saturated rings. The van der Waals surface area contributed by atoms with Crippen molar-refractivity contribution in [2.45, 2.75) is 24.7 Å². The molecule has 25 heavy (non-hydrogen) atoms. The van der Waals surface area contributed by atoms with Gasteiger partial charge in [-0.2, -0.15) is 0 Å². The first-order valence-electron chi connectivity index (χ1n) is 7.81. The molecule has 0 atom stereocenters. The molecule has 1 amide bonds. The van der Waals surface area contributed by atoms with Crippen LogP contribution in [0.5, 0.6) is 0 Å². The Balaban J connectivity index is 1.90. The molecule has 1 aliphatic rings. The van der Waals surface area contributed by atoms with Crippen molar-refractivity contribution in [2.75, 3.05) is 16.7 Å². The SMILES string of the molecule is CC(=O)c1cccc(S(=O)(=O)Nc2ccc3c(c2)CCC(=O)N3C)c1. The number of Topliss-reactive ketones (excluding diaryl/α,β-unsaturated/α-hetero) is 1. The predicted molar refractivity (Wildman–Crippen MR) is 95.4 cm³/mol. The number of amides is 1. The van der Waals surface area contributed by atoms with Crippen LogP contribution in [0.1, 0.15) is 29.3 Å².